The van der Waals surface area contributed by atoms with Gasteiger partial charge in [0, 0.05) is 6.42 Å². The number of carbonyl (C=O) groups is 1. The molecule has 0 saturated heterocycles. The Morgan fingerprint density at radius 1 is 1.17 bits per heavy atom. The molecule has 0 amide bonds. The zero-order valence-corrected chi connectivity index (χ0v) is 10.7. The lowest BCUT2D eigenvalue weighted by Crippen LogP contribution is -1.98. The first-order chi connectivity index (χ1) is 8.58. The van der Waals surface area contributed by atoms with Gasteiger partial charge >= 0.3 is 0 Å². The second-order valence-corrected chi connectivity index (χ2v) is 4.57. The van der Waals surface area contributed by atoms with Crippen LogP contribution in [-0.2, 0) is 11.2 Å². The maximum Gasteiger partial charge on any atom is 0.226 e. The van der Waals surface area contributed by atoms with Crippen LogP contribution in [0, 0.1) is 12.7 Å². The summed E-state index contributed by atoms with van der Waals surface area (Å²) < 4.78 is 13.4. The molecule has 92 valence electrons. The fraction of sp³-hybridized carbons (Fsp3) is 0.133. The van der Waals surface area contributed by atoms with Gasteiger partial charge in [0.25, 0.3) is 0 Å². The molecular weight excluding hydrogens is 251 g/mol. The minimum Gasteiger partial charge on any atom is -0.281 e. The van der Waals surface area contributed by atoms with Crippen molar-refractivity contribution in [3.8, 4) is 11.1 Å². The second-order valence-electron chi connectivity index (χ2n) is 4.15. The minimum atomic E-state index is -0.448. The van der Waals surface area contributed by atoms with Crippen molar-refractivity contribution >= 4 is 16.8 Å². The number of rotatable bonds is 3. The van der Waals surface area contributed by atoms with E-state index >= 15 is 0 Å². The Morgan fingerprint density at radius 3 is 2.56 bits per heavy atom. The molecule has 0 bridgehead atoms. The topological polar surface area (TPSA) is 17.1 Å². The van der Waals surface area contributed by atoms with Gasteiger partial charge in [-0.15, -0.1) is 0 Å². The molecule has 3 heteroatoms. The first-order valence-electron chi connectivity index (χ1n) is 5.60. The molecule has 1 nitrogen and oxygen atoms in total. The molecule has 18 heavy (non-hydrogen) atoms. The van der Waals surface area contributed by atoms with Gasteiger partial charge in [-0.25, -0.2) is 4.39 Å². The largest absolute Gasteiger partial charge is 0.281 e. The normalized spacial score (nSPS) is 10.4. The number of carbonyl (C=O) groups excluding carboxylic acids is 1. The number of hydrogen-bond donors (Lipinski definition) is 0. The number of benzene rings is 2. The summed E-state index contributed by atoms with van der Waals surface area (Å²) in [7, 11) is 0. The number of hydrogen-bond acceptors (Lipinski definition) is 1. The second kappa shape index (κ2) is 5.32. The maximum atomic E-state index is 13.4. The molecule has 0 aliphatic carbocycles. The molecule has 2 aromatic rings. The molecule has 0 radical (unpaired) electrons. The van der Waals surface area contributed by atoms with Crippen LogP contribution in [0.4, 0.5) is 4.39 Å². The summed E-state index contributed by atoms with van der Waals surface area (Å²) in [6, 6.07) is 12.1. The van der Waals surface area contributed by atoms with E-state index in [2.05, 4.69) is 0 Å². The van der Waals surface area contributed by atoms with E-state index in [0.717, 1.165) is 22.3 Å². The van der Waals surface area contributed by atoms with Crippen LogP contribution in [0.15, 0.2) is 42.5 Å². The van der Waals surface area contributed by atoms with Crippen molar-refractivity contribution in [1.29, 1.82) is 0 Å². The zero-order valence-electron chi connectivity index (χ0n) is 9.91. The fourth-order valence-corrected chi connectivity index (χ4v) is 2.12. The van der Waals surface area contributed by atoms with Gasteiger partial charge in [0.2, 0.25) is 5.24 Å². The van der Waals surface area contributed by atoms with Crippen molar-refractivity contribution in [3.63, 3.8) is 0 Å². The molecule has 0 aliphatic rings. The van der Waals surface area contributed by atoms with Crippen LogP contribution in [-0.4, -0.2) is 5.24 Å². The summed E-state index contributed by atoms with van der Waals surface area (Å²) >= 11 is 5.42. The Kier molecular flexibility index (Phi) is 3.78. The van der Waals surface area contributed by atoms with Crippen molar-refractivity contribution in [1.82, 2.24) is 0 Å². The third-order valence-electron chi connectivity index (χ3n) is 2.84. The van der Waals surface area contributed by atoms with Crippen molar-refractivity contribution in [2.75, 3.05) is 0 Å². The number of aryl methyl sites for hydroxylation is 1. The van der Waals surface area contributed by atoms with E-state index in [9.17, 15) is 9.18 Å². The summed E-state index contributed by atoms with van der Waals surface area (Å²) in [4.78, 5) is 11.0. The summed E-state index contributed by atoms with van der Waals surface area (Å²) in [5.41, 5.74) is 3.42. The SMILES string of the molecule is Cc1ccccc1-c1cc(F)ccc1CC(=O)Cl. The van der Waals surface area contributed by atoms with Crippen LogP contribution in [0.1, 0.15) is 11.1 Å². The van der Waals surface area contributed by atoms with E-state index in [-0.39, 0.29) is 12.2 Å². The van der Waals surface area contributed by atoms with E-state index in [1.807, 2.05) is 31.2 Å². The molecule has 0 aliphatic heterocycles. The molecule has 0 atom stereocenters. The van der Waals surface area contributed by atoms with E-state index in [1.165, 1.54) is 12.1 Å². The highest BCUT2D eigenvalue weighted by atomic mass is 35.5. The smallest absolute Gasteiger partial charge is 0.226 e. The molecule has 2 rings (SSSR count). The molecule has 0 unspecified atom stereocenters. The Hall–Kier alpha value is -1.67. The van der Waals surface area contributed by atoms with Crippen LogP contribution in [0.3, 0.4) is 0 Å². The average Bonchev–Trinajstić information content (AvgIpc) is 2.32. The van der Waals surface area contributed by atoms with E-state index < -0.39 is 5.24 Å². The van der Waals surface area contributed by atoms with Gasteiger partial charge in [0.05, 0.1) is 0 Å². The molecule has 0 fully saturated rings. The Morgan fingerprint density at radius 2 is 1.89 bits per heavy atom. The van der Waals surface area contributed by atoms with E-state index in [4.69, 9.17) is 11.6 Å². The third-order valence-corrected chi connectivity index (χ3v) is 2.97. The molecule has 0 aromatic heterocycles. The highest BCUT2D eigenvalue weighted by Crippen LogP contribution is 2.28. The summed E-state index contributed by atoms with van der Waals surface area (Å²) in [5, 5.41) is -0.448. The molecule has 0 saturated carbocycles. The van der Waals surface area contributed by atoms with Crippen LogP contribution >= 0.6 is 11.6 Å². The maximum absolute atomic E-state index is 13.4. The molecular formula is C15H12ClFO. The van der Waals surface area contributed by atoms with Crippen molar-refractivity contribution < 1.29 is 9.18 Å². The van der Waals surface area contributed by atoms with Crippen LogP contribution in [0.2, 0.25) is 0 Å². The summed E-state index contributed by atoms with van der Waals surface area (Å²) in [6.07, 6.45) is 0.103. The highest BCUT2D eigenvalue weighted by molar-refractivity contribution is 6.63. The van der Waals surface area contributed by atoms with Crippen molar-refractivity contribution in [2.24, 2.45) is 0 Å². The van der Waals surface area contributed by atoms with Crippen LogP contribution in [0.5, 0.6) is 0 Å². The van der Waals surface area contributed by atoms with Gasteiger partial charge < -0.3 is 0 Å². The lowest BCUT2D eigenvalue weighted by atomic mass is 9.94. The molecule has 0 N–H and O–H groups in total. The Bertz CT molecular complexity index is 593. The van der Waals surface area contributed by atoms with Crippen LogP contribution in [0.25, 0.3) is 11.1 Å². The third kappa shape index (κ3) is 2.77. The van der Waals surface area contributed by atoms with Gasteiger partial charge in [-0.3, -0.25) is 4.79 Å². The lowest BCUT2D eigenvalue weighted by Gasteiger charge is -2.11. The molecule has 2 aromatic carbocycles. The Labute approximate surface area is 110 Å². The van der Waals surface area contributed by atoms with E-state index in [0.29, 0.717) is 0 Å². The van der Waals surface area contributed by atoms with Crippen molar-refractivity contribution in [3.05, 3.63) is 59.4 Å². The predicted octanol–water partition coefficient (Wildman–Crippen LogP) is 4.11. The molecule has 0 heterocycles. The quantitative estimate of drug-likeness (QED) is 0.761. The first kappa shape index (κ1) is 12.8. The van der Waals surface area contributed by atoms with Crippen molar-refractivity contribution in [2.45, 2.75) is 13.3 Å². The van der Waals surface area contributed by atoms with E-state index in [1.54, 1.807) is 6.07 Å². The predicted molar refractivity (Wildman–Crippen MR) is 71.1 cm³/mol. The van der Waals surface area contributed by atoms with Gasteiger partial charge in [-0.1, -0.05) is 30.3 Å². The van der Waals surface area contributed by atoms with Gasteiger partial charge in [-0.2, -0.15) is 0 Å². The highest BCUT2D eigenvalue weighted by Gasteiger charge is 2.11. The summed E-state index contributed by atoms with van der Waals surface area (Å²) in [6.45, 7) is 1.95. The monoisotopic (exact) mass is 262 g/mol. The van der Waals surface area contributed by atoms with Gasteiger partial charge in [0.15, 0.2) is 0 Å². The summed E-state index contributed by atoms with van der Waals surface area (Å²) in [5.74, 6) is -0.320. The average molecular weight is 263 g/mol. The minimum absolute atomic E-state index is 0.103. The standard InChI is InChI=1S/C15H12ClFO/c1-10-4-2-3-5-13(10)14-9-12(17)7-6-11(14)8-15(16)18/h2-7,9H,8H2,1H3. The van der Waals surface area contributed by atoms with Gasteiger partial charge in [0.1, 0.15) is 5.82 Å². The fourth-order valence-electron chi connectivity index (χ4n) is 1.98. The molecule has 0 spiro atoms. The zero-order chi connectivity index (χ0) is 13.1. The van der Waals surface area contributed by atoms with Crippen LogP contribution < -0.4 is 0 Å². The lowest BCUT2D eigenvalue weighted by molar-refractivity contribution is -0.111. The first-order valence-corrected chi connectivity index (χ1v) is 5.98. The number of halogens is 2. The Balaban J connectivity index is 2.58. The van der Waals surface area contributed by atoms with Gasteiger partial charge in [-0.05, 0) is 52.9 Å².